The maximum atomic E-state index is 12.7. The Balaban J connectivity index is 0.00000225. The number of nitrogens with two attached hydrogens (primary N) is 1. The number of carbonyl (C=O) groups excluding carboxylic acids is 1. The number of benzene rings is 1. The molecule has 4 unspecified atom stereocenters. The van der Waals surface area contributed by atoms with Crippen LogP contribution in [0.15, 0.2) is 18.2 Å². The Kier molecular flexibility index (Phi) is 11.3. The molecule has 8 heteroatoms. The van der Waals surface area contributed by atoms with Crippen LogP contribution in [0.1, 0.15) is 38.7 Å². The maximum absolute atomic E-state index is 12.7. The number of hydrogen-bond acceptors (Lipinski definition) is 5. The molecule has 3 N–H and O–H groups in total. The maximum Gasteiger partial charge on any atom is 0.225 e. The smallest absolute Gasteiger partial charge is 0.225 e. The van der Waals surface area contributed by atoms with Gasteiger partial charge in [-0.05, 0) is 61.9 Å². The molecule has 2 aliphatic carbocycles. The summed E-state index contributed by atoms with van der Waals surface area (Å²) < 4.78 is 11.4. The van der Waals surface area contributed by atoms with E-state index in [9.17, 15) is 4.79 Å². The minimum atomic E-state index is -0.0247. The molecule has 0 radical (unpaired) electrons. The monoisotopic (exact) mass is 461 g/mol. The van der Waals surface area contributed by atoms with Crippen LogP contribution in [0.5, 0.6) is 11.5 Å². The third-order valence-electron chi connectivity index (χ3n) is 6.54. The van der Waals surface area contributed by atoms with Gasteiger partial charge in [-0.3, -0.25) is 4.79 Å². The third-order valence-corrected chi connectivity index (χ3v) is 6.54. The van der Waals surface area contributed by atoms with Crippen molar-refractivity contribution in [2.75, 3.05) is 33.4 Å². The van der Waals surface area contributed by atoms with E-state index in [0.29, 0.717) is 30.7 Å². The first-order valence-corrected chi connectivity index (χ1v) is 10.6. The molecule has 0 aliphatic heterocycles. The lowest BCUT2D eigenvalue weighted by Gasteiger charge is -2.27. The van der Waals surface area contributed by atoms with E-state index in [1.165, 1.54) is 6.42 Å². The van der Waals surface area contributed by atoms with E-state index in [2.05, 4.69) is 24.1 Å². The normalized spacial score (nSPS) is 24.2. The second-order valence-electron chi connectivity index (χ2n) is 8.01. The summed E-state index contributed by atoms with van der Waals surface area (Å²) >= 11 is 0. The van der Waals surface area contributed by atoms with Gasteiger partial charge in [0.25, 0.3) is 0 Å². The largest absolute Gasteiger partial charge is 0.493 e. The minimum Gasteiger partial charge on any atom is -0.493 e. The van der Waals surface area contributed by atoms with Crippen molar-refractivity contribution in [2.24, 2.45) is 23.5 Å². The van der Waals surface area contributed by atoms with Crippen LogP contribution >= 0.6 is 24.8 Å². The summed E-state index contributed by atoms with van der Waals surface area (Å²) in [5.41, 5.74) is 7.28. The predicted octanol–water partition coefficient (Wildman–Crippen LogP) is 3.25. The molecular weight excluding hydrogens is 425 g/mol. The van der Waals surface area contributed by atoms with Crippen molar-refractivity contribution in [1.29, 1.82) is 0 Å². The molecule has 30 heavy (non-hydrogen) atoms. The number of amides is 1. The van der Waals surface area contributed by atoms with Gasteiger partial charge in [0, 0.05) is 19.1 Å². The lowest BCUT2D eigenvalue weighted by molar-refractivity contribution is -0.127. The Morgan fingerprint density at radius 1 is 1.17 bits per heavy atom. The van der Waals surface area contributed by atoms with Gasteiger partial charge in [-0.1, -0.05) is 19.9 Å². The van der Waals surface area contributed by atoms with Gasteiger partial charge in [0.15, 0.2) is 11.5 Å². The highest BCUT2D eigenvalue weighted by Gasteiger charge is 2.48. The summed E-state index contributed by atoms with van der Waals surface area (Å²) in [5, 5.41) is 3.08. The fourth-order valence-corrected chi connectivity index (χ4v) is 4.80. The summed E-state index contributed by atoms with van der Waals surface area (Å²) in [5.74, 6) is 2.51. The van der Waals surface area contributed by atoms with Crippen molar-refractivity contribution in [3.8, 4) is 11.5 Å². The number of nitrogens with zero attached hydrogens (tertiary/aromatic N) is 1. The number of halogens is 2. The van der Waals surface area contributed by atoms with E-state index in [1.54, 1.807) is 7.11 Å². The lowest BCUT2D eigenvalue weighted by Crippen LogP contribution is -2.45. The average molecular weight is 462 g/mol. The third kappa shape index (κ3) is 6.16. The summed E-state index contributed by atoms with van der Waals surface area (Å²) in [6.45, 7) is 8.32. The Bertz CT molecular complexity index is 671. The van der Waals surface area contributed by atoms with Crippen molar-refractivity contribution < 1.29 is 14.3 Å². The molecule has 1 aromatic carbocycles. The predicted molar refractivity (Wildman–Crippen MR) is 125 cm³/mol. The molecule has 0 saturated heterocycles. The van der Waals surface area contributed by atoms with Crippen LogP contribution in [0.25, 0.3) is 0 Å². The van der Waals surface area contributed by atoms with Crippen LogP contribution in [0.2, 0.25) is 0 Å². The van der Waals surface area contributed by atoms with Crippen LogP contribution in [0.4, 0.5) is 0 Å². The first kappa shape index (κ1) is 26.8. The zero-order valence-corrected chi connectivity index (χ0v) is 19.9. The average Bonchev–Trinajstić information content (AvgIpc) is 3.31. The van der Waals surface area contributed by atoms with Gasteiger partial charge in [0.05, 0.1) is 13.0 Å². The Hall–Kier alpha value is -1.21. The molecule has 1 amide bonds. The zero-order chi connectivity index (χ0) is 20.1. The van der Waals surface area contributed by atoms with E-state index in [-0.39, 0.29) is 42.7 Å². The molecule has 3 rings (SSSR count). The van der Waals surface area contributed by atoms with Crippen molar-refractivity contribution in [3.05, 3.63) is 23.8 Å². The van der Waals surface area contributed by atoms with E-state index >= 15 is 0 Å². The highest BCUT2D eigenvalue weighted by atomic mass is 35.5. The van der Waals surface area contributed by atoms with Crippen molar-refractivity contribution in [3.63, 3.8) is 0 Å². The van der Waals surface area contributed by atoms with Gasteiger partial charge in [-0.25, -0.2) is 0 Å². The summed E-state index contributed by atoms with van der Waals surface area (Å²) in [6, 6.07) is 5.87. The molecule has 2 fully saturated rings. The highest BCUT2D eigenvalue weighted by Crippen LogP contribution is 2.47. The topological polar surface area (TPSA) is 76.8 Å². The van der Waals surface area contributed by atoms with Gasteiger partial charge in [0.2, 0.25) is 5.91 Å². The molecule has 2 saturated carbocycles. The number of rotatable bonds is 10. The first-order chi connectivity index (χ1) is 13.6. The molecule has 0 aromatic heterocycles. The number of methoxy groups -OCH3 is 1. The van der Waals surface area contributed by atoms with Gasteiger partial charge in [0.1, 0.15) is 6.61 Å². The fourth-order valence-electron chi connectivity index (χ4n) is 4.80. The van der Waals surface area contributed by atoms with Crippen LogP contribution in [-0.4, -0.2) is 50.2 Å². The van der Waals surface area contributed by atoms with Gasteiger partial charge in [-0.2, -0.15) is 0 Å². The molecular formula is C22H37Cl2N3O3. The molecule has 1 aromatic rings. The Morgan fingerprint density at radius 3 is 2.47 bits per heavy atom. The molecule has 2 bridgehead atoms. The van der Waals surface area contributed by atoms with Crippen molar-refractivity contribution in [1.82, 2.24) is 10.2 Å². The first-order valence-electron chi connectivity index (χ1n) is 10.6. The molecule has 0 heterocycles. The molecule has 6 nitrogen and oxygen atoms in total. The lowest BCUT2D eigenvalue weighted by atomic mass is 9.84. The molecule has 2 aliphatic rings. The quantitative estimate of drug-likeness (QED) is 0.558. The van der Waals surface area contributed by atoms with Crippen LogP contribution < -0.4 is 20.5 Å². The number of likely N-dealkylation sites (N-methyl/N-ethyl adjacent to an activating group) is 1. The van der Waals surface area contributed by atoms with Crippen LogP contribution in [-0.2, 0) is 11.3 Å². The Morgan fingerprint density at radius 2 is 1.87 bits per heavy atom. The van der Waals surface area contributed by atoms with Crippen molar-refractivity contribution >= 4 is 30.7 Å². The number of ether oxygens (including phenoxy) is 2. The van der Waals surface area contributed by atoms with E-state index in [4.69, 9.17) is 15.2 Å². The number of carbonyl (C=O) groups is 1. The molecule has 172 valence electrons. The number of fused-ring (bicyclic) bond motifs is 2. The minimum absolute atomic E-state index is 0. The SMILES string of the molecule is CCN(CC)CCOc1ccc(CNC(=O)C2C3CCC(C3)C2N)cc1OC.Cl.Cl. The van der Waals surface area contributed by atoms with E-state index in [0.717, 1.165) is 43.8 Å². The summed E-state index contributed by atoms with van der Waals surface area (Å²) in [7, 11) is 1.64. The second kappa shape index (κ2) is 12.6. The van der Waals surface area contributed by atoms with Crippen LogP contribution in [0.3, 0.4) is 0 Å². The number of hydrogen-bond donors (Lipinski definition) is 2. The number of nitrogens with one attached hydrogen (secondary N) is 1. The van der Waals surface area contributed by atoms with Crippen LogP contribution in [0, 0.1) is 17.8 Å². The fraction of sp³-hybridized carbons (Fsp3) is 0.682. The van der Waals surface area contributed by atoms with Gasteiger partial charge < -0.3 is 25.4 Å². The van der Waals surface area contributed by atoms with Crippen molar-refractivity contribution in [2.45, 2.75) is 45.7 Å². The zero-order valence-electron chi connectivity index (χ0n) is 18.3. The molecule has 0 spiro atoms. The molecule has 4 atom stereocenters. The summed E-state index contributed by atoms with van der Waals surface area (Å²) in [4.78, 5) is 15.0. The van der Waals surface area contributed by atoms with E-state index < -0.39 is 0 Å². The summed E-state index contributed by atoms with van der Waals surface area (Å²) in [6.07, 6.45) is 3.44. The Labute approximate surface area is 193 Å². The van der Waals surface area contributed by atoms with Gasteiger partial charge >= 0.3 is 0 Å². The standard InChI is InChI=1S/C22H35N3O3.2ClH/c1-4-25(5-2)10-11-28-18-9-6-15(12-19(18)27-3)14-24-22(26)20-16-7-8-17(13-16)21(20)23;;/h6,9,12,16-17,20-21H,4-5,7-8,10-11,13-14,23H2,1-3H3,(H,24,26);2*1H. The second-order valence-corrected chi connectivity index (χ2v) is 8.01. The van der Waals surface area contributed by atoms with E-state index in [1.807, 2.05) is 18.2 Å². The van der Waals surface area contributed by atoms with Gasteiger partial charge in [-0.15, -0.1) is 24.8 Å². The highest BCUT2D eigenvalue weighted by molar-refractivity contribution is 5.85.